The van der Waals surface area contributed by atoms with Gasteiger partial charge in [-0.2, -0.15) is 13.2 Å². The molecule has 0 aliphatic carbocycles. The van der Waals surface area contributed by atoms with Gasteiger partial charge in [-0.25, -0.2) is 0 Å². The molecule has 6 heteroatoms. The molecule has 0 bridgehead atoms. The Morgan fingerprint density at radius 2 is 1.89 bits per heavy atom. The Balaban J connectivity index is 2.52. The van der Waals surface area contributed by atoms with E-state index in [1.807, 2.05) is 0 Å². The van der Waals surface area contributed by atoms with Crippen LogP contribution >= 0.6 is 11.6 Å². The van der Waals surface area contributed by atoms with Crippen molar-refractivity contribution in [2.75, 3.05) is 0 Å². The molecule has 0 N–H and O–H groups in total. The standard InChI is InChI=1S/C12H5ClF3O2/c13-10-3-1-7(12(14,15)16)5-9(10)11-4-2-8(6-17)18-11/h1-5H. The van der Waals surface area contributed by atoms with Crippen molar-refractivity contribution in [2.45, 2.75) is 6.18 Å². The van der Waals surface area contributed by atoms with Crippen LogP contribution in [0.1, 0.15) is 11.3 Å². The van der Waals surface area contributed by atoms with E-state index in [0.717, 1.165) is 18.2 Å². The van der Waals surface area contributed by atoms with Gasteiger partial charge >= 0.3 is 6.18 Å². The average Bonchev–Trinajstić information content (AvgIpc) is 2.76. The normalized spacial score (nSPS) is 11.6. The van der Waals surface area contributed by atoms with Gasteiger partial charge in [0.1, 0.15) is 5.76 Å². The number of carbonyl (C=O) groups excluding carboxylic acids is 1. The van der Waals surface area contributed by atoms with E-state index in [4.69, 9.17) is 16.0 Å². The van der Waals surface area contributed by atoms with Crippen LogP contribution in [0.4, 0.5) is 13.2 Å². The molecule has 2 rings (SSSR count). The first kappa shape index (κ1) is 12.7. The van der Waals surface area contributed by atoms with Crippen molar-refractivity contribution in [2.24, 2.45) is 0 Å². The van der Waals surface area contributed by atoms with Crippen molar-refractivity contribution >= 4 is 17.9 Å². The lowest BCUT2D eigenvalue weighted by Crippen LogP contribution is -2.04. The van der Waals surface area contributed by atoms with Gasteiger partial charge < -0.3 is 4.42 Å². The monoisotopic (exact) mass is 273 g/mol. The topological polar surface area (TPSA) is 30.2 Å². The fraction of sp³-hybridized carbons (Fsp3) is 0.0833. The van der Waals surface area contributed by atoms with Crippen molar-refractivity contribution in [3.8, 4) is 11.3 Å². The Morgan fingerprint density at radius 1 is 1.17 bits per heavy atom. The van der Waals surface area contributed by atoms with Crippen LogP contribution < -0.4 is 0 Å². The molecule has 93 valence electrons. The van der Waals surface area contributed by atoms with Gasteiger partial charge in [0.15, 0.2) is 5.76 Å². The largest absolute Gasteiger partial charge is 0.452 e. The minimum Gasteiger partial charge on any atom is -0.452 e. The highest BCUT2D eigenvalue weighted by Gasteiger charge is 2.31. The number of benzene rings is 1. The molecule has 0 saturated carbocycles. The van der Waals surface area contributed by atoms with E-state index in [1.165, 1.54) is 18.4 Å². The van der Waals surface area contributed by atoms with Gasteiger partial charge in [-0.05, 0) is 30.3 Å². The number of furan rings is 1. The lowest BCUT2D eigenvalue weighted by atomic mass is 10.1. The zero-order valence-electron chi connectivity index (χ0n) is 8.72. The third-order valence-corrected chi connectivity index (χ3v) is 2.60. The molecule has 0 aliphatic rings. The van der Waals surface area contributed by atoms with Gasteiger partial charge in [-0.15, -0.1) is 0 Å². The summed E-state index contributed by atoms with van der Waals surface area (Å²) >= 11 is 5.81. The Morgan fingerprint density at radius 3 is 2.44 bits per heavy atom. The number of halogens is 4. The summed E-state index contributed by atoms with van der Waals surface area (Å²) < 4.78 is 42.6. The zero-order chi connectivity index (χ0) is 13.3. The predicted octanol–water partition coefficient (Wildman–Crippen LogP) is 4.08. The van der Waals surface area contributed by atoms with Gasteiger partial charge in [0, 0.05) is 5.56 Å². The minimum atomic E-state index is -4.47. The summed E-state index contributed by atoms with van der Waals surface area (Å²) in [4.78, 5) is 10.3. The van der Waals surface area contributed by atoms with Crippen LogP contribution in [0, 0.1) is 0 Å². The molecule has 18 heavy (non-hydrogen) atoms. The second-order valence-corrected chi connectivity index (χ2v) is 3.87. The Labute approximate surface area is 105 Å². The highest BCUT2D eigenvalue weighted by molar-refractivity contribution is 6.33. The maximum atomic E-state index is 12.6. The Bertz CT molecular complexity index is 587. The van der Waals surface area contributed by atoms with E-state index in [9.17, 15) is 18.0 Å². The van der Waals surface area contributed by atoms with E-state index in [2.05, 4.69) is 0 Å². The van der Waals surface area contributed by atoms with Gasteiger partial charge in [0.05, 0.1) is 10.6 Å². The van der Waals surface area contributed by atoms with Crippen molar-refractivity contribution in [1.82, 2.24) is 0 Å². The smallest absolute Gasteiger partial charge is 0.416 e. The lowest BCUT2D eigenvalue weighted by Gasteiger charge is -2.08. The van der Waals surface area contributed by atoms with Gasteiger partial charge in [0.2, 0.25) is 0 Å². The van der Waals surface area contributed by atoms with E-state index < -0.39 is 11.7 Å². The van der Waals surface area contributed by atoms with Crippen molar-refractivity contribution in [1.29, 1.82) is 0 Å². The van der Waals surface area contributed by atoms with E-state index in [0.29, 0.717) is 0 Å². The molecular formula is C12H5ClF3O2. The highest BCUT2D eigenvalue weighted by atomic mass is 35.5. The van der Waals surface area contributed by atoms with Crippen molar-refractivity contribution in [3.05, 3.63) is 46.7 Å². The molecule has 1 radical (unpaired) electrons. The molecule has 0 saturated heterocycles. The maximum absolute atomic E-state index is 12.6. The third kappa shape index (κ3) is 2.41. The molecular weight excluding hydrogens is 269 g/mol. The van der Waals surface area contributed by atoms with Crippen LogP contribution in [0.3, 0.4) is 0 Å². The van der Waals surface area contributed by atoms with Gasteiger partial charge in [-0.1, -0.05) is 11.6 Å². The first-order chi connectivity index (χ1) is 8.41. The Hall–Kier alpha value is -1.75. The molecule has 2 nitrogen and oxygen atoms in total. The predicted molar refractivity (Wildman–Crippen MR) is 59.0 cm³/mol. The fourth-order valence-corrected chi connectivity index (χ4v) is 1.64. The molecule has 1 heterocycles. The number of hydrogen-bond acceptors (Lipinski definition) is 2. The lowest BCUT2D eigenvalue weighted by molar-refractivity contribution is -0.137. The van der Waals surface area contributed by atoms with E-state index >= 15 is 0 Å². The second-order valence-electron chi connectivity index (χ2n) is 3.46. The van der Waals surface area contributed by atoms with Crippen LogP contribution in [-0.4, -0.2) is 6.29 Å². The number of rotatable bonds is 2. The summed E-state index contributed by atoms with van der Waals surface area (Å²) in [5, 5.41) is 0.106. The van der Waals surface area contributed by atoms with E-state index in [-0.39, 0.29) is 22.1 Å². The summed E-state index contributed by atoms with van der Waals surface area (Å²) in [6.07, 6.45) is -2.97. The summed E-state index contributed by atoms with van der Waals surface area (Å²) in [6.45, 7) is 0. The Kier molecular flexibility index (Phi) is 3.17. The molecule has 0 spiro atoms. The minimum absolute atomic E-state index is 0.0768. The summed E-state index contributed by atoms with van der Waals surface area (Å²) in [7, 11) is 0. The zero-order valence-corrected chi connectivity index (χ0v) is 9.47. The fourth-order valence-electron chi connectivity index (χ4n) is 1.43. The van der Waals surface area contributed by atoms with Crippen molar-refractivity contribution in [3.63, 3.8) is 0 Å². The molecule has 0 aliphatic heterocycles. The molecule has 1 aromatic carbocycles. The van der Waals surface area contributed by atoms with Crippen LogP contribution in [0.25, 0.3) is 11.3 Å². The number of hydrogen-bond donors (Lipinski definition) is 0. The summed E-state index contributed by atoms with van der Waals surface area (Å²) in [5.41, 5.74) is -0.761. The first-order valence-electron chi connectivity index (χ1n) is 4.77. The molecule has 0 fully saturated rings. The quantitative estimate of drug-likeness (QED) is 0.825. The van der Waals surface area contributed by atoms with Crippen LogP contribution in [0.15, 0.2) is 34.7 Å². The van der Waals surface area contributed by atoms with Gasteiger partial charge in [0.25, 0.3) is 6.29 Å². The maximum Gasteiger partial charge on any atom is 0.416 e. The second kappa shape index (κ2) is 4.49. The molecule has 1 aromatic heterocycles. The third-order valence-electron chi connectivity index (χ3n) is 2.27. The van der Waals surface area contributed by atoms with Crippen LogP contribution in [0.5, 0.6) is 0 Å². The summed E-state index contributed by atoms with van der Waals surface area (Å²) in [6, 6.07) is 5.55. The SMILES string of the molecule is O=[C]c1ccc(-c2cc(C(F)(F)F)ccc2Cl)o1. The molecule has 0 atom stereocenters. The van der Waals surface area contributed by atoms with Crippen LogP contribution in [0.2, 0.25) is 5.02 Å². The highest BCUT2D eigenvalue weighted by Crippen LogP contribution is 2.36. The molecule has 0 amide bonds. The average molecular weight is 274 g/mol. The molecule has 0 unspecified atom stereocenters. The molecule has 2 aromatic rings. The van der Waals surface area contributed by atoms with Crippen molar-refractivity contribution < 1.29 is 22.4 Å². The van der Waals surface area contributed by atoms with E-state index in [1.54, 1.807) is 0 Å². The summed E-state index contributed by atoms with van der Waals surface area (Å²) in [5.74, 6) is -0.0112. The number of alkyl halides is 3. The van der Waals surface area contributed by atoms with Crippen LogP contribution in [-0.2, 0) is 11.0 Å². The van der Waals surface area contributed by atoms with Gasteiger partial charge in [-0.3, -0.25) is 4.79 Å². The first-order valence-corrected chi connectivity index (χ1v) is 5.14.